The van der Waals surface area contributed by atoms with Crippen molar-refractivity contribution in [2.75, 3.05) is 0 Å². The number of carbonyl (C=O) groups is 1. The number of primary sulfonamides is 1. The van der Waals surface area contributed by atoms with Gasteiger partial charge in [-0.05, 0) is 36.8 Å². The second kappa shape index (κ2) is 6.48. The maximum Gasteiger partial charge on any atom is 0.253 e. The van der Waals surface area contributed by atoms with Crippen molar-refractivity contribution in [3.63, 3.8) is 0 Å². The number of carbonyl (C=O) groups excluding carboxylic acids is 1. The van der Waals surface area contributed by atoms with Gasteiger partial charge in [0.2, 0.25) is 10.0 Å². The fourth-order valence-corrected chi connectivity index (χ4v) is 2.69. The number of benzene rings is 2. The van der Waals surface area contributed by atoms with Gasteiger partial charge in [0, 0.05) is 0 Å². The summed E-state index contributed by atoms with van der Waals surface area (Å²) < 4.78 is 22.4. The SMILES string of the molecule is CC(NC(=O)c1ccccc1Cl)c1ccc(S(N)(=O)=O)cc1. The van der Waals surface area contributed by atoms with Crippen LogP contribution in [0.15, 0.2) is 53.4 Å². The van der Waals surface area contributed by atoms with E-state index in [9.17, 15) is 13.2 Å². The summed E-state index contributed by atoms with van der Waals surface area (Å²) in [6, 6.07) is 12.5. The predicted molar refractivity (Wildman–Crippen MR) is 85.1 cm³/mol. The van der Waals surface area contributed by atoms with E-state index < -0.39 is 10.0 Å². The third-order valence-corrected chi connectivity index (χ3v) is 4.43. The molecular weight excluding hydrogens is 324 g/mol. The molecule has 0 saturated carbocycles. The zero-order valence-electron chi connectivity index (χ0n) is 11.8. The van der Waals surface area contributed by atoms with Crippen LogP contribution in [0.2, 0.25) is 5.02 Å². The van der Waals surface area contributed by atoms with Crippen LogP contribution in [-0.2, 0) is 10.0 Å². The lowest BCUT2D eigenvalue weighted by atomic mass is 10.1. The number of hydrogen-bond donors (Lipinski definition) is 2. The Morgan fingerprint density at radius 1 is 1.14 bits per heavy atom. The van der Waals surface area contributed by atoms with Gasteiger partial charge < -0.3 is 5.32 Å². The maximum atomic E-state index is 12.2. The summed E-state index contributed by atoms with van der Waals surface area (Å²) in [5.74, 6) is -0.298. The average molecular weight is 339 g/mol. The van der Waals surface area contributed by atoms with E-state index in [1.165, 1.54) is 12.1 Å². The van der Waals surface area contributed by atoms with Crippen molar-refractivity contribution in [3.8, 4) is 0 Å². The van der Waals surface area contributed by atoms with Crippen LogP contribution in [0, 0.1) is 0 Å². The molecule has 0 radical (unpaired) electrons. The molecule has 116 valence electrons. The first kappa shape index (κ1) is 16.5. The minimum Gasteiger partial charge on any atom is -0.345 e. The first-order chi connectivity index (χ1) is 10.3. The number of amides is 1. The average Bonchev–Trinajstić information content (AvgIpc) is 2.46. The van der Waals surface area contributed by atoms with Crippen LogP contribution in [0.25, 0.3) is 0 Å². The molecule has 1 unspecified atom stereocenters. The predicted octanol–water partition coefficient (Wildman–Crippen LogP) is 2.48. The van der Waals surface area contributed by atoms with Crippen molar-refractivity contribution in [2.24, 2.45) is 5.14 Å². The van der Waals surface area contributed by atoms with Gasteiger partial charge in [-0.2, -0.15) is 0 Å². The molecule has 1 atom stereocenters. The fraction of sp³-hybridized carbons (Fsp3) is 0.133. The highest BCUT2D eigenvalue weighted by molar-refractivity contribution is 7.89. The van der Waals surface area contributed by atoms with E-state index in [1.54, 1.807) is 43.3 Å². The Morgan fingerprint density at radius 2 is 1.73 bits per heavy atom. The summed E-state index contributed by atoms with van der Waals surface area (Å²) in [5, 5.41) is 8.22. The lowest BCUT2D eigenvalue weighted by Crippen LogP contribution is -2.26. The zero-order chi connectivity index (χ0) is 16.3. The summed E-state index contributed by atoms with van der Waals surface area (Å²) in [7, 11) is -3.72. The van der Waals surface area contributed by atoms with Crippen molar-refractivity contribution in [1.29, 1.82) is 0 Å². The van der Waals surface area contributed by atoms with Gasteiger partial charge >= 0.3 is 0 Å². The Balaban J connectivity index is 2.14. The van der Waals surface area contributed by atoms with Crippen LogP contribution in [0.3, 0.4) is 0 Å². The first-order valence-corrected chi connectivity index (χ1v) is 8.39. The summed E-state index contributed by atoms with van der Waals surface area (Å²) >= 11 is 5.98. The van der Waals surface area contributed by atoms with Gasteiger partial charge in [0.05, 0.1) is 21.5 Å². The highest BCUT2D eigenvalue weighted by Crippen LogP contribution is 2.18. The molecule has 0 heterocycles. The van der Waals surface area contributed by atoms with Crippen molar-refractivity contribution in [3.05, 3.63) is 64.7 Å². The first-order valence-electron chi connectivity index (χ1n) is 6.47. The molecule has 0 bridgehead atoms. The van der Waals surface area contributed by atoms with E-state index in [-0.39, 0.29) is 16.8 Å². The van der Waals surface area contributed by atoms with Gasteiger partial charge in [-0.15, -0.1) is 0 Å². The molecule has 0 saturated heterocycles. The quantitative estimate of drug-likeness (QED) is 0.897. The Hall–Kier alpha value is -1.89. The van der Waals surface area contributed by atoms with E-state index in [4.69, 9.17) is 16.7 Å². The Kier molecular flexibility index (Phi) is 4.85. The number of sulfonamides is 1. The minimum atomic E-state index is -3.72. The molecule has 2 rings (SSSR count). The summed E-state index contributed by atoms with van der Waals surface area (Å²) in [5.41, 5.74) is 1.14. The largest absolute Gasteiger partial charge is 0.345 e. The standard InChI is InChI=1S/C15H15ClN2O3S/c1-10(11-6-8-12(9-7-11)22(17,20)21)18-15(19)13-4-2-3-5-14(13)16/h2-10H,1H3,(H,18,19)(H2,17,20,21). The lowest BCUT2D eigenvalue weighted by Gasteiger charge is -2.15. The van der Waals surface area contributed by atoms with E-state index in [0.29, 0.717) is 10.6 Å². The molecule has 0 aliphatic rings. The van der Waals surface area contributed by atoms with Crippen molar-refractivity contribution >= 4 is 27.5 Å². The zero-order valence-corrected chi connectivity index (χ0v) is 13.4. The van der Waals surface area contributed by atoms with Gasteiger partial charge in [0.1, 0.15) is 0 Å². The number of hydrogen-bond acceptors (Lipinski definition) is 3. The van der Waals surface area contributed by atoms with Gasteiger partial charge in [-0.1, -0.05) is 35.9 Å². The highest BCUT2D eigenvalue weighted by atomic mass is 35.5. The molecule has 0 aliphatic carbocycles. The van der Waals surface area contributed by atoms with Crippen molar-refractivity contribution in [1.82, 2.24) is 5.32 Å². The Bertz CT molecular complexity index is 789. The van der Waals surface area contributed by atoms with Gasteiger partial charge in [-0.25, -0.2) is 13.6 Å². The highest BCUT2D eigenvalue weighted by Gasteiger charge is 2.14. The molecular formula is C15H15ClN2O3S. The van der Waals surface area contributed by atoms with Crippen molar-refractivity contribution in [2.45, 2.75) is 17.9 Å². The van der Waals surface area contributed by atoms with Crippen LogP contribution < -0.4 is 10.5 Å². The summed E-state index contributed by atoms with van der Waals surface area (Å²) in [6.45, 7) is 1.79. The van der Waals surface area contributed by atoms with Crippen LogP contribution >= 0.6 is 11.6 Å². The van der Waals surface area contributed by atoms with Crippen LogP contribution in [0.4, 0.5) is 0 Å². The molecule has 0 aromatic heterocycles. The summed E-state index contributed by atoms with van der Waals surface area (Å²) in [6.07, 6.45) is 0. The molecule has 0 fully saturated rings. The van der Waals surface area contributed by atoms with Crippen LogP contribution in [-0.4, -0.2) is 14.3 Å². The molecule has 22 heavy (non-hydrogen) atoms. The monoisotopic (exact) mass is 338 g/mol. The number of nitrogens with two attached hydrogens (primary N) is 1. The van der Waals surface area contributed by atoms with E-state index >= 15 is 0 Å². The molecule has 2 aromatic rings. The number of nitrogens with one attached hydrogen (secondary N) is 1. The van der Waals surface area contributed by atoms with Crippen LogP contribution in [0.5, 0.6) is 0 Å². The van der Waals surface area contributed by atoms with Crippen LogP contribution in [0.1, 0.15) is 28.9 Å². The number of rotatable bonds is 4. The van der Waals surface area contributed by atoms with E-state index in [2.05, 4.69) is 5.32 Å². The molecule has 5 nitrogen and oxygen atoms in total. The second-order valence-corrected chi connectivity index (χ2v) is 6.76. The molecule has 2 aromatic carbocycles. The van der Waals surface area contributed by atoms with Gasteiger partial charge in [-0.3, -0.25) is 4.79 Å². The normalized spacial score (nSPS) is 12.7. The lowest BCUT2D eigenvalue weighted by molar-refractivity contribution is 0.0940. The molecule has 0 spiro atoms. The molecule has 3 N–H and O–H groups in total. The van der Waals surface area contributed by atoms with E-state index in [1.807, 2.05) is 0 Å². The second-order valence-electron chi connectivity index (χ2n) is 4.79. The molecule has 1 amide bonds. The molecule has 0 aliphatic heterocycles. The maximum absolute atomic E-state index is 12.2. The summed E-state index contributed by atoms with van der Waals surface area (Å²) in [4.78, 5) is 12.2. The smallest absolute Gasteiger partial charge is 0.253 e. The van der Waals surface area contributed by atoms with Crippen molar-refractivity contribution < 1.29 is 13.2 Å². The third kappa shape index (κ3) is 3.85. The van der Waals surface area contributed by atoms with Gasteiger partial charge in [0.15, 0.2) is 0 Å². The Morgan fingerprint density at radius 3 is 2.27 bits per heavy atom. The minimum absolute atomic E-state index is 0.0286. The molecule has 7 heteroatoms. The Labute approximate surface area is 134 Å². The third-order valence-electron chi connectivity index (χ3n) is 3.17. The van der Waals surface area contributed by atoms with Gasteiger partial charge in [0.25, 0.3) is 5.91 Å². The fourth-order valence-electron chi connectivity index (χ4n) is 1.95. The number of halogens is 1. The topological polar surface area (TPSA) is 89.3 Å². The van der Waals surface area contributed by atoms with E-state index in [0.717, 1.165) is 5.56 Å².